The number of benzene rings is 1. The average Bonchev–Trinajstić information content (AvgIpc) is 3.03. The topological polar surface area (TPSA) is 31.6 Å². The number of nitrogens with one attached hydrogen (secondary N) is 1. The van der Waals surface area contributed by atoms with E-state index in [2.05, 4.69) is 15.1 Å². The van der Waals surface area contributed by atoms with Gasteiger partial charge >= 0.3 is 0 Å². The first-order chi connectivity index (χ1) is 13.1. The van der Waals surface area contributed by atoms with Crippen molar-refractivity contribution in [2.75, 3.05) is 31.5 Å². The van der Waals surface area contributed by atoms with Crippen molar-refractivity contribution < 1.29 is 4.42 Å². The summed E-state index contributed by atoms with van der Waals surface area (Å²) in [5.41, 5.74) is 1.99. The van der Waals surface area contributed by atoms with E-state index in [9.17, 15) is 0 Å². The molecule has 0 radical (unpaired) electrons. The van der Waals surface area contributed by atoms with Gasteiger partial charge in [-0.2, -0.15) is 0 Å². The van der Waals surface area contributed by atoms with Gasteiger partial charge in [-0.1, -0.05) is 24.4 Å². The van der Waals surface area contributed by atoms with Gasteiger partial charge in [0, 0.05) is 23.8 Å². The number of hydrogen-bond donors (Lipinski definition) is 1. The van der Waals surface area contributed by atoms with Crippen LogP contribution in [0.4, 0.5) is 5.69 Å². The zero-order valence-corrected chi connectivity index (χ0v) is 17.5. The molecule has 1 fully saturated rings. The highest BCUT2D eigenvalue weighted by molar-refractivity contribution is 7.80. The molecule has 0 amide bonds. The SMILES string of the molecule is Cc1cc(NC(=S)N(CCN2CCCCCC2)Cc2ccco2)ccc1Cl. The summed E-state index contributed by atoms with van der Waals surface area (Å²) in [6.45, 7) is 6.92. The molecule has 2 aromatic rings. The summed E-state index contributed by atoms with van der Waals surface area (Å²) in [4.78, 5) is 4.74. The van der Waals surface area contributed by atoms with Crippen molar-refractivity contribution in [1.82, 2.24) is 9.80 Å². The van der Waals surface area contributed by atoms with Crippen molar-refractivity contribution in [3.63, 3.8) is 0 Å². The molecular formula is C21H28ClN3OS. The lowest BCUT2D eigenvalue weighted by atomic mass is 10.2. The minimum Gasteiger partial charge on any atom is -0.467 e. The number of nitrogens with zero attached hydrogens (tertiary/aromatic N) is 2. The van der Waals surface area contributed by atoms with Gasteiger partial charge in [-0.25, -0.2) is 0 Å². The zero-order chi connectivity index (χ0) is 19.1. The monoisotopic (exact) mass is 405 g/mol. The van der Waals surface area contributed by atoms with Crippen molar-refractivity contribution in [3.05, 3.63) is 52.9 Å². The quantitative estimate of drug-likeness (QED) is 0.657. The van der Waals surface area contributed by atoms with Gasteiger partial charge in [0.05, 0.1) is 12.8 Å². The highest BCUT2D eigenvalue weighted by atomic mass is 35.5. The molecule has 0 aliphatic carbocycles. The number of aryl methyl sites for hydroxylation is 1. The molecular weight excluding hydrogens is 378 g/mol. The number of likely N-dealkylation sites (tertiary alicyclic amines) is 1. The largest absolute Gasteiger partial charge is 0.467 e. The van der Waals surface area contributed by atoms with Crippen molar-refractivity contribution >= 4 is 34.6 Å². The van der Waals surface area contributed by atoms with E-state index in [0.717, 1.165) is 35.1 Å². The van der Waals surface area contributed by atoms with Gasteiger partial charge in [0.2, 0.25) is 0 Å². The summed E-state index contributed by atoms with van der Waals surface area (Å²) in [5.74, 6) is 0.919. The molecule has 1 N–H and O–H groups in total. The molecule has 1 aliphatic heterocycles. The summed E-state index contributed by atoms with van der Waals surface area (Å²) in [7, 11) is 0. The molecule has 1 aromatic carbocycles. The Morgan fingerprint density at radius 1 is 1.22 bits per heavy atom. The molecule has 0 bridgehead atoms. The van der Waals surface area contributed by atoms with Crippen molar-refractivity contribution in [2.24, 2.45) is 0 Å². The Morgan fingerprint density at radius 2 is 2.00 bits per heavy atom. The number of furan rings is 1. The normalized spacial score (nSPS) is 15.3. The van der Waals surface area contributed by atoms with Crippen LogP contribution >= 0.6 is 23.8 Å². The molecule has 146 valence electrons. The van der Waals surface area contributed by atoms with E-state index in [1.54, 1.807) is 6.26 Å². The second-order valence-corrected chi connectivity index (χ2v) is 7.94. The molecule has 0 atom stereocenters. The van der Waals surface area contributed by atoms with Gasteiger partial charge in [-0.3, -0.25) is 0 Å². The first-order valence-corrected chi connectivity index (χ1v) is 10.5. The van der Waals surface area contributed by atoms with Gasteiger partial charge in [0.25, 0.3) is 0 Å². The number of rotatable bonds is 6. The van der Waals surface area contributed by atoms with Gasteiger partial charge in [-0.05, 0) is 81.0 Å². The molecule has 2 heterocycles. The third-order valence-corrected chi connectivity index (χ3v) is 5.79. The van der Waals surface area contributed by atoms with Crippen molar-refractivity contribution in [3.8, 4) is 0 Å². The Kier molecular flexibility index (Phi) is 7.56. The number of thiocarbonyl (C=S) groups is 1. The van der Waals surface area contributed by atoms with Gasteiger partial charge in [0.15, 0.2) is 5.11 Å². The van der Waals surface area contributed by atoms with E-state index in [0.29, 0.717) is 11.7 Å². The van der Waals surface area contributed by atoms with Crippen molar-refractivity contribution in [1.29, 1.82) is 0 Å². The van der Waals surface area contributed by atoms with E-state index in [1.807, 2.05) is 37.3 Å². The van der Waals surface area contributed by atoms with Gasteiger partial charge in [0.1, 0.15) is 5.76 Å². The highest BCUT2D eigenvalue weighted by Crippen LogP contribution is 2.20. The molecule has 4 nitrogen and oxygen atoms in total. The Morgan fingerprint density at radius 3 is 2.67 bits per heavy atom. The summed E-state index contributed by atoms with van der Waals surface area (Å²) in [6, 6.07) is 9.79. The van der Waals surface area contributed by atoms with E-state index in [-0.39, 0.29) is 0 Å². The van der Waals surface area contributed by atoms with Crippen LogP contribution in [0.25, 0.3) is 0 Å². The molecule has 27 heavy (non-hydrogen) atoms. The van der Waals surface area contributed by atoms with E-state index in [4.69, 9.17) is 28.2 Å². The third kappa shape index (κ3) is 6.23. The molecule has 1 saturated heterocycles. The van der Waals surface area contributed by atoms with Crippen molar-refractivity contribution in [2.45, 2.75) is 39.2 Å². The van der Waals surface area contributed by atoms with E-state index < -0.39 is 0 Å². The molecule has 6 heteroatoms. The van der Waals surface area contributed by atoms with Crippen LogP contribution in [0.5, 0.6) is 0 Å². The first kappa shape index (κ1) is 20.2. The predicted octanol–water partition coefficient (Wildman–Crippen LogP) is 5.32. The summed E-state index contributed by atoms with van der Waals surface area (Å²) < 4.78 is 5.55. The Labute approximate surface area is 172 Å². The van der Waals surface area contributed by atoms with E-state index in [1.165, 1.54) is 38.8 Å². The predicted molar refractivity (Wildman–Crippen MR) is 116 cm³/mol. The van der Waals surface area contributed by atoms with Crippen LogP contribution in [0.15, 0.2) is 41.0 Å². The average molecular weight is 406 g/mol. The maximum absolute atomic E-state index is 6.13. The molecule has 1 aromatic heterocycles. The molecule has 1 aliphatic rings. The van der Waals surface area contributed by atoms with Crippen LogP contribution in [-0.4, -0.2) is 41.1 Å². The van der Waals surface area contributed by atoms with Crippen LogP contribution in [0.1, 0.15) is 37.0 Å². The maximum Gasteiger partial charge on any atom is 0.173 e. The maximum atomic E-state index is 6.13. The number of hydrogen-bond acceptors (Lipinski definition) is 3. The van der Waals surface area contributed by atoms with Gasteiger partial charge in [-0.15, -0.1) is 0 Å². The van der Waals surface area contributed by atoms with E-state index >= 15 is 0 Å². The minimum atomic E-state index is 0.666. The third-order valence-electron chi connectivity index (χ3n) is 5.01. The van der Waals surface area contributed by atoms with Crippen LogP contribution in [0, 0.1) is 6.92 Å². The smallest absolute Gasteiger partial charge is 0.173 e. The molecule has 0 unspecified atom stereocenters. The number of halogens is 1. The molecule has 0 spiro atoms. The lowest BCUT2D eigenvalue weighted by molar-refractivity contribution is 0.247. The van der Waals surface area contributed by atoms with Gasteiger partial charge < -0.3 is 19.5 Å². The lowest BCUT2D eigenvalue weighted by Gasteiger charge is -2.28. The van der Waals surface area contributed by atoms with Crippen LogP contribution in [-0.2, 0) is 6.54 Å². The van der Waals surface area contributed by atoms with Crippen LogP contribution < -0.4 is 5.32 Å². The fourth-order valence-corrected chi connectivity index (χ4v) is 3.78. The highest BCUT2D eigenvalue weighted by Gasteiger charge is 2.15. The standard InChI is InChI=1S/C21H28ClN3OS/c1-17-15-18(8-9-20(17)22)23-21(27)25(16-19-7-6-14-26-19)13-12-24-10-4-2-3-5-11-24/h6-9,14-15H,2-5,10-13,16H2,1H3,(H,23,27). The zero-order valence-electron chi connectivity index (χ0n) is 15.9. The first-order valence-electron chi connectivity index (χ1n) is 9.68. The van der Waals surface area contributed by atoms with Crippen LogP contribution in [0.2, 0.25) is 5.02 Å². The summed E-state index contributed by atoms with van der Waals surface area (Å²) >= 11 is 11.9. The molecule has 0 saturated carbocycles. The second-order valence-electron chi connectivity index (χ2n) is 7.15. The summed E-state index contributed by atoms with van der Waals surface area (Å²) in [6.07, 6.45) is 7.00. The Bertz CT molecular complexity index is 727. The fraction of sp³-hybridized carbons (Fsp3) is 0.476. The summed E-state index contributed by atoms with van der Waals surface area (Å²) in [5, 5.41) is 4.84. The Hall–Kier alpha value is -1.56. The van der Waals surface area contributed by atoms with Crippen LogP contribution in [0.3, 0.4) is 0 Å². The number of anilines is 1. The Balaban J connectivity index is 1.64. The lowest BCUT2D eigenvalue weighted by Crippen LogP contribution is -2.40. The second kappa shape index (κ2) is 10.1. The fourth-order valence-electron chi connectivity index (χ4n) is 3.39. The molecule has 3 rings (SSSR count). The minimum absolute atomic E-state index is 0.666.